The zero-order chi connectivity index (χ0) is 17.5. The lowest BCUT2D eigenvalue weighted by Crippen LogP contribution is -1.96. The molecule has 0 bridgehead atoms. The van der Waals surface area contributed by atoms with E-state index in [2.05, 4.69) is 22.4 Å². The minimum atomic E-state index is 0.581. The SMILES string of the molecule is CCCOc1ccc(C=NNc2nc(-c3ccccc3)cs2)cc1Cl. The number of thiazole rings is 1. The van der Waals surface area contributed by atoms with E-state index in [0.29, 0.717) is 17.4 Å². The summed E-state index contributed by atoms with van der Waals surface area (Å²) in [7, 11) is 0. The predicted octanol–water partition coefficient (Wildman–Crippen LogP) is 5.70. The molecule has 25 heavy (non-hydrogen) atoms. The molecule has 0 unspecified atom stereocenters. The van der Waals surface area contributed by atoms with Crippen molar-refractivity contribution in [3.8, 4) is 17.0 Å². The van der Waals surface area contributed by atoms with Crippen molar-refractivity contribution in [3.05, 3.63) is 64.5 Å². The fourth-order valence-electron chi connectivity index (χ4n) is 2.16. The summed E-state index contributed by atoms with van der Waals surface area (Å²) in [6, 6.07) is 15.7. The Morgan fingerprint density at radius 1 is 1.24 bits per heavy atom. The second-order valence-corrected chi connectivity index (χ2v) is 6.58. The van der Waals surface area contributed by atoms with E-state index < -0.39 is 0 Å². The first-order valence-electron chi connectivity index (χ1n) is 7.98. The first kappa shape index (κ1) is 17.5. The Morgan fingerprint density at radius 3 is 2.84 bits per heavy atom. The molecule has 3 aromatic rings. The summed E-state index contributed by atoms with van der Waals surface area (Å²) < 4.78 is 5.56. The average molecular weight is 372 g/mol. The largest absolute Gasteiger partial charge is 0.492 e. The Balaban J connectivity index is 1.62. The average Bonchev–Trinajstić information content (AvgIpc) is 3.11. The van der Waals surface area contributed by atoms with Crippen LogP contribution in [-0.4, -0.2) is 17.8 Å². The maximum atomic E-state index is 6.21. The van der Waals surface area contributed by atoms with Crippen molar-refractivity contribution in [3.63, 3.8) is 0 Å². The highest BCUT2D eigenvalue weighted by atomic mass is 35.5. The molecule has 1 aromatic heterocycles. The second-order valence-electron chi connectivity index (χ2n) is 5.31. The van der Waals surface area contributed by atoms with Crippen LogP contribution in [0.5, 0.6) is 5.75 Å². The molecular formula is C19H18ClN3OS. The third-order valence-corrected chi connectivity index (χ3v) is 4.41. The highest BCUT2D eigenvalue weighted by Crippen LogP contribution is 2.26. The molecule has 0 aliphatic carbocycles. The van der Waals surface area contributed by atoms with Crippen LogP contribution in [0.15, 0.2) is 59.0 Å². The molecule has 128 valence electrons. The summed E-state index contributed by atoms with van der Waals surface area (Å²) in [6.07, 6.45) is 2.65. The lowest BCUT2D eigenvalue weighted by atomic mass is 10.2. The Hall–Kier alpha value is -2.37. The van der Waals surface area contributed by atoms with Gasteiger partial charge in [-0.2, -0.15) is 5.10 Å². The van der Waals surface area contributed by atoms with Crippen LogP contribution in [0, 0.1) is 0 Å². The van der Waals surface area contributed by atoms with Gasteiger partial charge in [-0.05, 0) is 30.2 Å². The number of hydrogen-bond donors (Lipinski definition) is 1. The number of anilines is 1. The van der Waals surface area contributed by atoms with Gasteiger partial charge in [0.1, 0.15) is 5.75 Å². The normalized spacial score (nSPS) is 11.0. The number of hydrogen-bond acceptors (Lipinski definition) is 5. The standard InChI is InChI=1S/C19H18ClN3OS/c1-2-10-24-18-9-8-14(11-16(18)20)12-21-23-19-22-17(13-25-19)15-6-4-3-5-7-15/h3-9,11-13H,2,10H2,1H3,(H,22,23). The highest BCUT2D eigenvalue weighted by molar-refractivity contribution is 7.14. The molecule has 1 N–H and O–H groups in total. The molecule has 0 aliphatic rings. The van der Waals surface area contributed by atoms with Gasteiger partial charge in [0, 0.05) is 10.9 Å². The summed E-state index contributed by atoms with van der Waals surface area (Å²) >= 11 is 7.73. The highest BCUT2D eigenvalue weighted by Gasteiger charge is 2.04. The first-order chi connectivity index (χ1) is 12.3. The van der Waals surface area contributed by atoms with E-state index in [-0.39, 0.29) is 0 Å². The Morgan fingerprint density at radius 2 is 2.08 bits per heavy atom. The molecule has 1 heterocycles. The minimum Gasteiger partial charge on any atom is -0.492 e. The number of nitrogens with one attached hydrogen (secondary N) is 1. The van der Waals surface area contributed by atoms with Gasteiger partial charge in [-0.3, -0.25) is 5.43 Å². The number of rotatable bonds is 7. The van der Waals surface area contributed by atoms with Crippen molar-refractivity contribution in [2.45, 2.75) is 13.3 Å². The van der Waals surface area contributed by atoms with Gasteiger partial charge in [-0.25, -0.2) is 4.98 Å². The van der Waals surface area contributed by atoms with E-state index >= 15 is 0 Å². The summed E-state index contributed by atoms with van der Waals surface area (Å²) in [5.74, 6) is 0.695. The maximum Gasteiger partial charge on any atom is 0.203 e. The quantitative estimate of drug-likeness (QED) is 0.428. The molecule has 0 fully saturated rings. The lowest BCUT2D eigenvalue weighted by molar-refractivity contribution is 0.317. The van der Waals surface area contributed by atoms with Crippen molar-refractivity contribution in [2.24, 2.45) is 5.10 Å². The topological polar surface area (TPSA) is 46.5 Å². The molecule has 0 saturated carbocycles. The van der Waals surface area contributed by atoms with Crippen molar-refractivity contribution >= 4 is 34.3 Å². The van der Waals surface area contributed by atoms with Gasteiger partial charge in [0.2, 0.25) is 5.13 Å². The predicted molar refractivity (Wildman–Crippen MR) is 106 cm³/mol. The van der Waals surface area contributed by atoms with Gasteiger partial charge < -0.3 is 4.74 Å². The van der Waals surface area contributed by atoms with Crippen molar-refractivity contribution in [1.82, 2.24) is 4.98 Å². The summed E-state index contributed by atoms with van der Waals surface area (Å²) in [6.45, 7) is 2.71. The van der Waals surface area contributed by atoms with Gasteiger partial charge in [0.15, 0.2) is 0 Å². The maximum absolute atomic E-state index is 6.21. The summed E-state index contributed by atoms with van der Waals surface area (Å²) in [5, 5.41) is 7.55. The van der Waals surface area contributed by atoms with Crippen molar-refractivity contribution < 1.29 is 4.74 Å². The Kier molecular flexibility index (Phi) is 6.04. The van der Waals surface area contributed by atoms with E-state index in [9.17, 15) is 0 Å². The van der Waals surface area contributed by atoms with Crippen molar-refractivity contribution in [2.75, 3.05) is 12.0 Å². The Bertz CT molecular complexity index is 849. The van der Waals surface area contributed by atoms with Crippen LogP contribution in [0.4, 0.5) is 5.13 Å². The van der Waals surface area contributed by atoms with E-state index in [1.165, 1.54) is 11.3 Å². The van der Waals surface area contributed by atoms with Gasteiger partial charge in [0.25, 0.3) is 0 Å². The monoisotopic (exact) mass is 371 g/mol. The molecule has 0 aliphatic heterocycles. The zero-order valence-electron chi connectivity index (χ0n) is 13.8. The van der Waals surface area contributed by atoms with Crippen LogP contribution >= 0.6 is 22.9 Å². The van der Waals surface area contributed by atoms with Crippen LogP contribution in [0.3, 0.4) is 0 Å². The van der Waals surface area contributed by atoms with Crippen LogP contribution in [0.2, 0.25) is 5.02 Å². The fraction of sp³-hybridized carbons (Fsp3) is 0.158. The number of ether oxygens (including phenoxy) is 1. The smallest absolute Gasteiger partial charge is 0.203 e. The molecule has 0 saturated heterocycles. The molecular weight excluding hydrogens is 354 g/mol. The van der Waals surface area contributed by atoms with Gasteiger partial charge in [-0.1, -0.05) is 48.9 Å². The first-order valence-corrected chi connectivity index (χ1v) is 9.24. The minimum absolute atomic E-state index is 0.581. The van der Waals surface area contributed by atoms with Gasteiger partial charge in [0.05, 0.1) is 23.5 Å². The zero-order valence-corrected chi connectivity index (χ0v) is 15.3. The van der Waals surface area contributed by atoms with Crippen LogP contribution in [0.1, 0.15) is 18.9 Å². The number of aromatic nitrogens is 1. The molecule has 0 amide bonds. The van der Waals surface area contributed by atoms with Crippen LogP contribution < -0.4 is 10.2 Å². The summed E-state index contributed by atoms with van der Waals surface area (Å²) in [4.78, 5) is 4.52. The summed E-state index contributed by atoms with van der Waals surface area (Å²) in [5.41, 5.74) is 5.87. The third-order valence-electron chi connectivity index (χ3n) is 3.37. The molecule has 0 spiro atoms. The van der Waals surface area contributed by atoms with E-state index in [1.54, 1.807) is 6.21 Å². The van der Waals surface area contributed by atoms with Crippen LogP contribution in [-0.2, 0) is 0 Å². The molecule has 6 heteroatoms. The van der Waals surface area contributed by atoms with E-state index in [1.807, 2.05) is 53.9 Å². The number of halogens is 1. The molecule has 0 atom stereocenters. The molecule has 4 nitrogen and oxygen atoms in total. The molecule has 2 aromatic carbocycles. The number of hydrazone groups is 1. The van der Waals surface area contributed by atoms with Gasteiger partial charge >= 0.3 is 0 Å². The molecule has 0 radical (unpaired) electrons. The lowest BCUT2D eigenvalue weighted by Gasteiger charge is -2.06. The van der Waals surface area contributed by atoms with E-state index in [0.717, 1.165) is 28.4 Å². The fourth-order valence-corrected chi connectivity index (χ4v) is 3.07. The number of nitrogens with zero attached hydrogens (tertiary/aromatic N) is 2. The van der Waals surface area contributed by atoms with Gasteiger partial charge in [-0.15, -0.1) is 11.3 Å². The Labute approximate surface area is 156 Å². The molecule has 3 rings (SSSR count). The van der Waals surface area contributed by atoms with Crippen LogP contribution in [0.25, 0.3) is 11.3 Å². The second kappa shape index (κ2) is 8.65. The van der Waals surface area contributed by atoms with Crippen molar-refractivity contribution in [1.29, 1.82) is 0 Å². The van der Waals surface area contributed by atoms with E-state index in [4.69, 9.17) is 16.3 Å². The number of benzene rings is 2. The third kappa shape index (κ3) is 4.81.